The number of hydrogen-bond acceptors (Lipinski definition) is 2. The van der Waals surface area contributed by atoms with Gasteiger partial charge in [0.15, 0.2) is 0 Å². The van der Waals surface area contributed by atoms with Crippen molar-refractivity contribution in [1.29, 1.82) is 0 Å². The number of rotatable bonds is 0. The first kappa shape index (κ1) is 8.54. The fourth-order valence-corrected chi connectivity index (χ4v) is 1.70. The molecule has 0 bridgehead atoms. The molecule has 2 nitrogen and oxygen atoms in total. The Morgan fingerprint density at radius 3 is 2.92 bits per heavy atom. The molecule has 2 rings (SSSR count). The van der Waals surface area contributed by atoms with Crippen LogP contribution in [0.1, 0.15) is 32.4 Å². The Kier molecular flexibility index (Phi) is 1.79. The number of pyridine rings is 1. The minimum atomic E-state index is 0.236. The van der Waals surface area contributed by atoms with Crippen LogP contribution < -0.4 is 4.74 Å². The summed E-state index contributed by atoms with van der Waals surface area (Å²) in [5.74, 6) is 1.39. The third-order valence-electron chi connectivity index (χ3n) is 2.58. The predicted octanol–water partition coefficient (Wildman–Crippen LogP) is 2.60. The van der Waals surface area contributed by atoms with Crippen LogP contribution in [0.2, 0.25) is 0 Å². The van der Waals surface area contributed by atoms with E-state index in [0.29, 0.717) is 5.92 Å². The summed E-state index contributed by atoms with van der Waals surface area (Å²) in [6, 6.07) is 3.91. The molecule has 1 aromatic heterocycles. The Balaban J connectivity index is 2.39. The highest BCUT2D eigenvalue weighted by atomic mass is 16.5. The highest BCUT2D eigenvalue weighted by molar-refractivity contribution is 5.34. The fraction of sp³-hybridized carbons (Fsp3) is 0.545. The van der Waals surface area contributed by atoms with E-state index in [1.807, 2.05) is 18.3 Å². The average Bonchev–Trinajstić information content (AvgIpc) is 2.45. The number of fused-ring (bicyclic) bond motifs is 1. The Hall–Kier alpha value is -1.05. The van der Waals surface area contributed by atoms with Gasteiger partial charge in [-0.15, -0.1) is 0 Å². The molecule has 0 N–H and O–H groups in total. The normalized spacial score (nSPS) is 21.0. The van der Waals surface area contributed by atoms with Crippen molar-refractivity contribution in [2.75, 3.05) is 6.61 Å². The quantitative estimate of drug-likeness (QED) is 0.607. The summed E-state index contributed by atoms with van der Waals surface area (Å²) >= 11 is 0. The van der Waals surface area contributed by atoms with Crippen molar-refractivity contribution in [3.63, 3.8) is 0 Å². The van der Waals surface area contributed by atoms with Crippen LogP contribution in [-0.4, -0.2) is 11.6 Å². The van der Waals surface area contributed by atoms with Crippen LogP contribution in [0.4, 0.5) is 0 Å². The minimum Gasteiger partial charge on any atom is -0.491 e. The van der Waals surface area contributed by atoms with Gasteiger partial charge in [0.2, 0.25) is 0 Å². The molecular weight excluding hydrogens is 162 g/mol. The molecule has 1 unspecified atom stereocenters. The lowest BCUT2D eigenvalue weighted by Gasteiger charge is -2.24. The zero-order valence-electron chi connectivity index (χ0n) is 8.37. The van der Waals surface area contributed by atoms with Gasteiger partial charge in [0.05, 0.1) is 12.3 Å². The molecule has 0 fully saturated rings. The van der Waals surface area contributed by atoms with Crippen molar-refractivity contribution in [1.82, 2.24) is 4.98 Å². The molecule has 2 heteroatoms. The molecule has 0 radical (unpaired) electrons. The van der Waals surface area contributed by atoms with Gasteiger partial charge in [0.1, 0.15) is 5.75 Å². The minimum absolute atomic E-state index is 0.236. The van der Waals surface area contributed by atoms with Gasteiger partial charge in [-0.25, -0.2) is 0 Å². The molecule has 0 saturated carbocycles. The van der Waals surface area contributed by atoms with Crippen molar-refractivity contribution in [2.45, 2.75) is 26.7 Å². The Labute approximate surface area is 78.9 Å². The van der Waals surface area contributed by atoms with Crippen molar-refractivity contribution in [3.05, 3.63) is 24.0 Å². The lowest BCUT2D eigenvalue weighted by atomic mass is 9.80. The van der Waals surface area contributed by atoms with Gasteiger partial charge >= 0.3 is 0 Å². The maximum atomic E-state index is 5.58. The summed E-state index contributed by atoms with van der Waals surface area (Å²) in [4.78, 5) is 4.38. The summed E-state index contributed by atoms with van der Waals surface area (Å²) in [6.45, 7) is 7.45. The molecule has 1 aliphatic heterocycles. The van der Waals surface area contributed by atoms with Gasteiger partial charge in [-0.3, -0.25) is 4.98 Å². The maximum Gasteiger partial charge on any atom is 0.141 e. The van der Waals surface area contributed by atoms with Crippen molar-refractivity contribution in [3.8, 4) is 5.75 Å². The molecule has 0 saturated heterocycles. The number of hydrogen-bond donors (Lipinski definition) is 0. The second kappa shape index (κ2) is 2.72. The molecule has 0 spiro atoms. The van der Waals surface area contributed by atoms with Crippen LogP contribution >= 0.6 is 0 Å². The van der Waals surface area contributed by atoms with Gasteiger partial charge in [0, 0.05) is 12.1 Å². The summed E-state index contributed by atoms with van der Waals surface area (Å²) < 4.78 is 5.58. The second-order valence-corrected chi connectivity index (χ2v) is 4.62. The first-order valence-corrected chi connectivity index (χ1v) is 4.67. The zero-order chi connectivity index (χ0) is 9.47. The van der Waals surface area contributed by atoms with Gasteiger partial charge in [0.25, 0.3) is 0 Å². The van der Waals surface area contributed by atoms with Gasteiger partial charge in [-0.2, -0.15) is 0 Å². The molecule has 0 amide bonds. The second-order valence-electron chi connectivity index (χ2n) is 4.62. The van der Waals surface area contributed by atoms with Gasteiger partial charge in [-0.05, 0) is 17.5 Å². The van der Waals surface area contributed by atoms with E-state index in [2.05, 4.69) is 25.8 Å². The number of nitrogens with zero attached hydrogens (tertiary/aromatic N) is 1. The Morgan fingerprint density at radius 1 is 1.46 bits per heavy atom. The lowest BCUT2D eigenvalue weighted by Crippen LogP contribution is -2.20. The van der Waals surface area contributed by atoms with Crippen LogP contribution in [0.15, 0.2) is 18.3 Å². The van der Waals surface area contributed by atoms with Crippen molar-refractivity contribution >= 4 is 0 Å². The van der Waals surface area contributed by atoms with Crippen molar-refractivity contribution in [2.24, 2.45) is 5.41 Å². The fourth-order valence-electron chi connectivity index (χ4n) is 1.70. The highest BCUT2D eigenvalue weighted by Gasteiger charge is 2.34. The maximum absolute atomic E-state index is 5.58. The number of aromatic nitrogens is 1. The van der Waals surface area contributed by atoms with Crippen molar-refractivity contribution < 1.29 is 4.74 Å². The summed E-state index contributed by atoms with van der Waals surface area (Å²) in [5, 5.41) is 0. The molecule has 70 valence electrons. The predicted molar refractivity (Wildman–Crippen MR) is 51.9 cm³/mol. The van der Waals surface area contributed by atoms with E-state index in [9.17, 15) is 0 Å². The third-order valence-corrected chi connectivity index (χ3v) is 2.58. The highest BCUT2D eigenvalue weighted by Crippen LogP contribution is 2.42. The number of ether oxygens (including phenoxy) is 1. The van der Waals surface area contributed by atoms with Gasteiger partial charge in [-0.1, -0.05) is 20.8 Å². The summed E-state index contributed by atoms with van der Waals surface area (Å²) in [5.41, 5.74) is 1.36. The van der Waals surface area contributed by atoms with E-state index in [1.165, 1.54) is 0 Å². The molecule has 13 heavy (non-hydrogen) atoms. The standard InChI is InChI=1S/C11H15NO/c1-11(2,3)8-7-13-9-5-4-6-12-10(8)9/h4-6,8H,7H2,1-3H3. The van der Waals surface area contributed by atoms with E-state index in [0.717, 1.165) is 18.1 Å². The summed E-state index contributed by atoms with van der Waals surface area (Å²) in [6.07, 6.45) is 1.84. The lowest BCUT2D eigenvalue weighted by molar-refractivity contribution is 0.241. The first-order chi connectivity index (χ1) is 6.09. The SMILES string of the molecule is CC(C)(C)C1COc2cccnc21. The average molecular weight is 177 g/mol. The van der Waals surface area contributed by atoms with Crippen LogP contribution in [0, 0.1) is 5.41 Å². The Morgan fingerprint density at radius 2 is 2.23 bits per heavy atom. The molecule has 1 atom stereocenters. The molecule has 0 aliphatic carbocycles. The van der Waals surface area contributed by atoms with E-state index >= 15 is 0 Å². The molecular formula is C11H15NO. The monoisotopic (exact) mass is 177 g/mol. The Bertz CT molecular complexity index is 314. The van der Waals surface area contributed by atoms with Crippen LogP contribution in [0.3, 0.4) is 0 Å². The molecule has 2 heterocycles. The molecule has 1 aliphatic rings. The van der Waals surface area contributed by atoms with E-state index in [4.69, 9.17) is 4.74 Å². The van der Waals surface area contributed by atoms with Crippen LogP contribution in [0.5, 0.6) is 5.75 Å². The van der Waals surface area contributed by atoms with E-state index in [-0.39, 0.29) is 5.41 Å². The largest absolute Gasteiger partial charge is 0.491 e. The smallest absolute Gasteiger partial charge is 0.141 e. The molecule has 1 aromatic rings. The van der Waals surface area contributed by atoms with Crippen LogP contribution in [-0.2, 0) is 0 Å². The van der Waals surface area contributed by atoms with Crippen LogP contribution in [0.25, 0.3) is 0 Å². The van der Waals surface area contributed by atoms with E-state index < -0.39 is 0 Å². The third kappa shape index (κ3) is 1.41. The van der Waals surface area contributed by atoms with E-state index in [1.54, 1.807) is 0 Å². The van der Waals surface area contributed by atoms with Gasteiger partial charge < -0.3 is 4.74 Å². The molecule has 0 aromatic carbocycles. The zero-order valence-corrected chi connectivity index (χ0v) is 8.37. The summed E-state index contributed by atoms with van der Waals surface area (Å²) in [7, 11) is 0. The topological polar surface area (TPSA) is 22.1 Å². The first-order valence-electron chi connectivity index (χ1n) is 4.67.